The third-order valence-corrected chi connectivity index (χ3v) is 1.88. The zero-order valence-corrected chi connectivity index (χ0v) is 8.84. The zero-order valence-electron chi connectivity index (χ0n) is 8.84. The first-order chi connectivity index (χ1) is 7.15. The maximum Gasteiger partial charge on any atom is 0.274 e. The van der Waals surface area contributed by atoms with Crippen LogP contribution in [0, 0.1) is 0 Å². The van der Waals surface area contributed by atoms with Gasteiger partial charge in [-0.25, -0.2) is 0 Å². The third kappa shape index (κ3) is 3.09. The Morgan fingerprint density at radius 1 is 1.60 bits per heavy atom. The van der Waals surface area contributed by atoms with Crippen LogP contribution in [0.5, 0.6) is 0 Å². The van der Waals surface area contributed by atoms with Crippen molar-refractivity contribution in [3.05, 3.63) is 41.5 Å². The van der Waals surface area contributed by atoms with Gasteiger partial charge in [0.15, 0.2) is 5.49 Å². The number of pyridine rings is 1. The summed E-state index contributed by atoms with van der Waals surface area (Å²) in [5.74, 6) is -0.328. The molecular weight excluding hydrogens is 192 g/mol. The van der Waals surface area contributed by atoms with Gasteiger partial charge < -0.3 is 5.21 Å². The number of rotatable bonds is 2. The highest BCUT2D eigenvalue weighted by molar-refractivity contribution is 5.93. The van der Waals surface area contributed by atoms with Gasteiger partial charge in [-0.15, -0.1) is 0 Å². The van der Waals surface area contributed by atoms with E-state index in [4.69, 9.17) is 0 Å². The molecule has 0 aromatic carbocycles. The van der Waals surface area contributed by atoms with Gasteiger partial charge in [-0.2, -0.15) is 9.72 Å². The van der Waals surface area contributed by atoms with Crippen molar-refractivity contribution in [1.82, 2.24) is 4.73 Å². The molecule has 0 unspecified atom stereocenters. The van der Waals surface area contributed by atoms with Gasteiger partial charge in [0.1, 0.15) is 0 Å². The summed E-state index contributed by atoms with van der Waals surface area (Å²) < 4.78 is 0.817. The molecule has 0 spiro atoms. The van der Waals surface area contributed by atoms with E-state index < -0.39 is 0 Å². The zero-order chi connectivity index (χ0) is 11.3. The molecule has 0 radical (unpaired) electrons. The largest absolute Gasteiger partial charge is 0.427 e. The Labute approximate surface area is 88.2 Å². The molecule has 0 saturated carbocycles. The van der Waals surface area contributed by atoms with E-state index in [-0.39, 0.29) is 11.4 Å². The Morgan fingerprint density at radius 3 is 2.93 bits per heavy atom. The molecule has 0 aliphatic carbocycles. The van der Waals surface area contributed by atoms with Gasteiger partial charge in [-0.1, -0.05) is 19.1 Å². The van der Waals surface area contributed by atoms with E-state index in [2.05, 4.69) is 4.99 Å². The van der Waals surface area contributed by atoms with Crippen molar-refractivity contribution in [2.24, 2.45) is 4.99 Å². The molecule has 4 nitrogen and oxygen atoms in total. The van der Waals surface area contributed by atoms with E-state index in [0.29, 0.717) is 5.57 Å². The van der Waals surface area contributed by atoms with Crippen LogP contribution in [-0.2, 0) is 4.79 Å². The second kappa shape index (κ2) is 5.14. The fourth-order valence-electron chi connectivity index (χ4n) is 1.10. The van der Waals surface area contributed by atoms with Crippen LogP contribution in [0.25, 0.3) is 0 Å². The van der Waals surface area contributed by atoms with E-state index in [0.717, 1.165) is 11.2 Å². The van der Waals surface area contributed by atoms with Crippen molar-refractivity contribution in [1.29, 1.82) is 0 Å². The fraction of sp³-hybridized carbons (Fsp3) is 0.273. The predicted octanol–water partition coefficient (Wildman–Crippen LogP) is 1.51. The average Bonchev–Trinajstić information content (AvgIpc) is 2.21. The molecule has 0 atom stereocenters. The third-order valence-electron chi connectivity index (χ3n) is 1.88. The number of carbonyl (C=O) groups is 1. The molecule has 0 aliphatic heterocycles. The summed E-state index contributed by atoms with van der Waals surface area (Å²) in [7, 11) is 0. The van der Waals surface area contributed by atoms with Crippen LogP contribution in [0.2, 0.25) is 0 Å². The number of allylic oxidation sites excluding steroid dienone is 1. The predicted molar refractivity (Wildman–Crippen MR) is 56.2 cm³/mol. The highest BCUT2D eigenvalue weighted by atomic mass is 16.5. The minimum atomic E-state index is -0.328. The second-order valence-electron chi connectivity index (χ2n) is 3.12. The molecule has 0 saturated heterocycles. The van der Waals surface area contributed by atoms with E-state index in [1.54, 1.807) is 31.2 Å². The van der Waals surface area contributed by atoms with Crippen LogP contribution in [0.4, 0.5) is 0 Å². The van der Waals surface area contributed by atoms with Crippen molar-refractivity contribution in [3.63, 3.8) is 0 Å². The van der Waals surface area contributed by atoms with Crippen LogP contribution in [0.3, 0.4) is 0 Å². The van der Waals surface area contributed by atoms with Gasteiger partial charge in [0.05, 0.1) is 0 Å². The molecule has 1 N–H and O–H groups in total. The number of amides is 1. The van der Waals surface area contributed by atoms with Gasteiger partial charge in [0.2, 0.25) is 0 Å². The van der Waals surface area contributed by atoms with E-state index in [1.165, 1.54) is 6.20 Å². The van der Waals surface area contributed by atoms with Crippen LogP contribution < -0.4 is 5.49 Å². The summed E-state index contributed by atoms with van der Waals surface area (Å²) in [4.78, 5) is 15.3. The first-order valence-electron chi connectivity index (χ1n) is 4.78. The molecule has 0 fully saturated rings. The van der Waals surface area contributed by atoms with Crippen LogP contribution >= 0.6 is 0 Å². The Morgan fingerprint density at radius 2 is 2.33 bits per heavy atom. The van der Waals surface area contributed by atoms with Crippen molar-refractivity contribution >= 4 is 5.91 Å². The second-order valence-corrected chi connectivity index (χ2v) is 3.12. The first kappa shape index (κ1) is 11.2. The number of aromatic nitrogens is 1. The monoisotopic (exact) mass is 206 g/mol. The lowest BCUT2D eigenvalue weighted by Crippen LogP contribution is -2.19. The normalized spacial score (nSPS) is 12.9. The summed E-state index contributed by atoms with van der Waals surface area (Å²) >= 11 is 0. The summed E-state index contributed by atoms with van der Waals surface area (Å²) in [5, 5.41) is 9.32. The minimum Gasteiger partial charge on any atom is -0.427 e. The standard InChI is InChI=1S/C11H14N2O2/c1-3-6-9(2)11(14)12-10-7-4-5-8-13(10)15/h4-8,15H,3H2,1-2H3/b9-6+,12-10?. The van der Waals surface area contributed by atoms with Crippen molar-refractivity contribution in [2.75, 3.05) is 0 Å². The number of hydrogen-bond donors (Lipinski definition) is 1. The highest BCUT2D eigenvalue weighted by Crippen LogP contribution is 1.96. The highest BCUT2D eigenvalue weighted by Gasteiger charge is 2.00. The number of nitrogens with zero attached hydrogens (tertiary/aromatic N) is 2. The lowest BCUT2D eigenvalue weighted by atomic mass is 10.2. The molecule has 1 rings (SSSR count). The first-order valence-corrected chi connectivity index (χ1v) is 4.78. The van der Waals surface area contributed by atoms with Gasteiger partial charge >= 0.3 is 0 Å². The lowest BCUT2D eigenvalue weighted by molar-refractivity contribution is -0.114. The summed E-state index contributed by atoms with van der Waals surface area (Å²) in [6.45, 7) is 3.66. The maximum atomic E-state index is 11.5. The molecule has 1 aromatic rings. The van der Waals surface area contributed by atoms with Crippen molar-refractivity contribution < 1.29 is 10.0 Å². The Balaban J connectivity index is 3.04. The molecular formula is C11H14N2O2. The summed E-state index contributed by atoms with van der Waals surface area (Å²) in [6.07, 6.45) is 4.02. The maximum absolute atomic E-state index is 11.5. The molecule has 4 heteroatoms. The lowest BCUT2D eigenvalue weighted by Gasteiger charge is -1.97. The van der Waals surface area contributed by atoms with E-state index in [9.17, 15) is 10.0 Å². The van der Waals surface area contributed by atoms with E-state index >= 15 is 0 Å². The molecule has 1 amide bonds. The molecule has 0 aliphatic rings. The fourth-order valence-corrected chi connectivity index (χ4v) is 1.10. The van der Waals surface area contributed by atoms with Gasteiger partial charge in [0, 0.05) is 11.8 Å². The SMILES string of the molecule is CC/C=C(\C)C(=O)N=c1ccccn1O. The number of carbonyl (C=O) groups excluding carboxylic acids is 1. The van der Waals surface area contributed by atoms with E-state index in [1.807, 2.05) is 6.92 Å². The quantitative estimate of drug-likeness (QED) is 0.589. The minimum absolute atomic E-state index is 0.228. The molecule has 1 aromatic heterocycles. The van der Waals surface area contributed by atoms with Crippen molar-refractivity contribution in [2.45, 2.75) is 20.3 Å². The van der Waals surface area contributed by atoms with Crippen molar-refractivity contribution in [3.8, 4) is 0 Å². The topological polar surface area (TPSA) is 54.6 Å². The van der Waals surface area contributed by atoms with Crippen LogP contribution in [0.15, 0.2) is 41.0 Å². The van der Waals surface area contributed by atoms with Crippen LogP contribution in [-0.4, -0.2) is 15.8 Å². The summed E-state index contributed by atoms with van der Waals surface area (Å²) in [5.41, 5.74) is 0.813. The van der Waals surface area contributed by atoms with Gasteiger partial charge in [-0.05, 0) is 25.5 Å². The Hall–Kier alpha value is -1.84. The van der Waals surface area contributed by atoms with Gasteiger partial charge in [-0.3, -0.25) is 4.79 Å². The smallest absolute Gasteiger partial charge is 0.274 e. The Bertz CT molecular complexity index is 444. The Kier molecular flexibility index (Phi) is 3.85. The number of hydrogen-bond acceptors (Lipinski definition) is 2. The molecule has 1 heterocycles. The summed E-state index contributed by atoms with van der Waals surface area (Å²) in [6, 6.07) is 4.92. The molecule has 80 valence electrons. The van der Waals surface area contributed by atoms with Crippen LogP contribution in [0.1, 0.15) is 20.3 Å². The molecule has 15 heavy (non-hydrogen) atoms. The average molecular weight is 206 g/mol. The van der Waals surface area contributed by atoms with Gasteiger partial charge in [0.25, 0.3) is 5.91 Å². The molecule has 0 bridgehead atoms.